The summed E-state index contributed by atoms with van der Waals surface area (Å²) in [6.07, 6.45) is 3.47. The molecule has 1 aromatic heterocycles. The Morgan fingerprint density at radius 2 is 2.00 bits per heavy atom. The third-order valence-electron chi connectivity index (χ3n) is 4.14. The largest absolute Gasteiger partial charge is 0.339 e. The van der Waals surface area contributed by atoms with Gasteiger partial charge in [-0.2, -0.15) is 0 Å². The maximum absolute atomic E-state index is 12.5. The van der Waals surface area contributed by atoms with Gasteiger partial charge in [0, 0.05) is 38.4 Å². The molecule has 0 radical (unpaired) electrons. The van der Waals surface area contributed by atoms with Gasteiger partial charge in [0.1, 0.15) is 5.15 Å². The lowest BCUT2D eigenvalue weighted by atomic mass is 10.0. The number of carbonyl (C=O) groups is 1. The van der Waals surface area contributed by atoms with Crippen molar-refractivity contribution in [3.8, 4) is 0 Å². The van der Waals surface area contributed by atoms with Gasteiger partial charge in [0.15, 0.2) is 0 Å². The van der Waals surface area contributed by atoms with E-state index >= 15 is 0 Å². The van der Waals surface area contributed by atoms with Crippen molar-refractivity contribution in [1.29, 1.82) is 0 Å². The molecule has 0 aliphatic carbocycles. The number of pyridine rings is 1. The molecule has 0 unspecified atom stereocenters. The summed E-state index contributed by atoms with van der Waals surface area (Å²) < 4.78 is 0. The SMILES string of the molecule is CC(C)N1CCC(N(C)C(=O)c2cnc(Cl)c(Cl)c2)CC1. The summed E-state index contributed by atoms with van der Waals surface area (Å²) in [6, 6.07) is 2.41. The van der Waals surface area contributed by atoms with Crippen LogP contribution in [0.15, 0.2) is 12.3 Å². The van der Waals surface area contributed by atoms with Gasteiger partial charge in [0.2, 0.25) is 0 Å². The maximum Gasteiger partial charge on any atom is 0.255 e. The Morgan fingerprint density at radius 1 is 1.38 bits per heavy atom. The topological polar surface area (TPSA) is 36.4 Å². The molecule has 1 saturated heterocycles. The molecule has 4 nitrogen and oxygen atoms in total. The van der Waals surface area contributed by atoms with E-state index < -0.39 is 0 Å². The minimum Gasteiger partial charge on any atom is -0.339 e. The zero-order valence-corrected chi connectivity index (χ0v) is 14.2. The Bertz CT molecular complexity index is 514. The Morgan fingerprint density at radius 3 is 2.52 bits per heavy atom. The summed E-state index contributed by atoms with van der Waals surface area (Å²) >= 11 is 11.7. The number of hydrogen-bond donors (Lipinski definition) is 0. The average molecular weight is 330 g/mol. The molecule has 116 valence electrons. The smallest absolute Gasteiger partial charge is 0.255 e. The number of nitrogens with zero attached hydrogens (tertiary/aromatic N) is 3. The molecule has 0 bridgehead atoms. The fraction of sp³-hybridized carbons (Fsp3) is 0.600. The van der Waals surface area contributed by atoms with E-state index in [-0.39, 0.29) is 17.1 Å². The van der Waals surface area contributed by atoms with Crippen LogP contribution in [0.4, 0.5) is 0 Å². The van der Waals surface area contributed by atoms with Crippen molar-refractivity contribution in [1.82, 2.24) is 14.8 Å². The monoisotopic (exact) mass is 329 g/mol. The molecule has 6 heteroatoms. The molecule has 2 rings (SSSR count). The molecule has 0 N–H and O–H groups in total. The van der Waals surface area contributed by atoms with Crippen molar-refractivity contribution in [2.24, 2.45) is 0 Å². The lowest BCUT2D eigenvalue weighted by Crippen LogP contribution is -2.47. The number of aromatic nitrogens is 1. The van der Waals surface area contributed by atoms with Crippen LogP contribution in [0.5, 0.6) is 0 Å². The first-order valence-corrected chi connectivity index (χ1v) is 7.98. The van der Waals surface area contributed by atoms with Gasteiger partial charge < -0.3 is 9.80 Å². The van der Waals surface area contributed by atoms with Crippen LogP contribution in [0.1, 0.15) is 37.0 Å². The Kier molecular flexibility index (Phi) is 5.47. The number of carbonyl (C=O) groups excluding carboxylic acids is 1. The standard InChI is InChI=1S/C15H21Cl2N3O/c1-10(2)20-6-4-12(5-7-20)19(3)15(21)11-8-13(16)14(17)18-9-11/h8-10,12H,4-7H2,1-3H3. The molecule has 1 fully saturated rings. The van der Waals surface area contributed by atoms with Crippen molar-refractivity contribution in [3.63, 3.8) is 0 Å². The van der Waals surface area contributed by atoms with Crippen LogP contribution < -0.4 is 0 Å². The van der Waals surface area contributed by atoms with Crippen LogP contribution in [-0.4, -0.2) is 52.9 Å². The maximum atomic E-state index is 12.5. The third kappa shape index (κ3) is 3.87. The van der Waals surface area contributed by atoms with Crippen molar-refractivity contribution >= 4 is 29.1 Å². The summed E-state index contributed by atoms with van der Waals surface area (Å²) in [5.74, 6) is -0.0518. The van der Waals surface area contributed by atoms with Gasteiger partial charge in [-0.15, -0.1) is 0 Å². The number of rotatable bonds is 3. The van der Waals surface area contributed by atoms with E-state index in [2.05, 4.69) is 23.7 Å². The lowest BCUT2D eigenvalue weighted by Gasteiger charge is -2.38. The van der Waals surface area contributed by atoms with Gasteiger partial charge in [-0.05, 0) is 32.8 Å². The van der Waals surface area contributed by atoms with Crippen LogP contribution >= 0.6 is 23.2 Å². The highest BCUT2D eigenvalue weighted by Crippen LogP contribution is 2.22. The summed E-state index contributed by atoms with van der Waals surface area (Å²) in [6.45, 7) is 6.46. The van der Waals surface area contributed by atoms with Gasteiger partial charge in [-0.1, -0.05) is 23.2 Å². The molecule has 1 amide bonds. The first kappa shape index (κ1) is 16.5. The lowest BCUT2D eigenvalue weighted by molar-refractivity contribution is 0.0615. The zero-order chi connectivity index (χ0) is 15.6. The van der Waals surface area contributed by atoms with Crippen LogP contribution in [0.25, 0.3) is 0 Å². The number of amides is 1. The Balaban J connectivity index is 2.01. The zero-order valence-electron chi connectivity index (χ0n) is 12.6. The van der Waals surface area contributed by atoms with Crippen LogP contribution in [0.3, 0.4) is 0 Å². The highest BCUT2D eigenvalue weighted by Gasteiger charge is 2.27. The summed E-state index contributed by atoms with van der Waals surface area (Å²) in [7, 11) is 1.85. The second-order valence-electron chi connectivity index (χ2n) is 5.77. The highest BCUT2D eigenvalue weighted by atomic mass is 35.5. The Hall–Kier alpha value is -0.840. The molecule has 2 heterocycles. The first-order valence-electron chi connectivity index (χ1n) is 7.22. The number of piperidine rings is 1. The van der Waals surface area contributed by atoms with E-state index in [1.807, 2.05) is 7.05 Å². The van der Waals surface area contributed by atoms with Crippen molar-refractivity contribution in [2.45, 2.75) is 38.8 Å². The molecule has 0 spiro atoms. The van der Waals surface area contributed by atoms with Crippen molar-refractivity contribution in [2.75, 3.05) is 20.1 Å². The first-order chi connectivity index (χ1) is 9.90. The quantitative estimate of drug-likeness (QED) is 0.798. The van der Waals surface area contributed by atoms with E-state index in [1.54, 1.807) is 11.0 Å². The van der Waals surface area contributed by atoms with Gasteiger partial charge in [-0.3, -0.25) is 4.79 Å². The Labute approximate surface area is 136 Å². The molecule has 1 aromatic rings. The molecule has 1 aliphatic rings. The number of halogens is 2. The van der Waals surface area contributed by atoms with Crippen LogP contribution in [0, 0.1) is 0 Å². The molecule has 21 heavy (non-hydrogen) atoms. The van der Waals surface area contributed by atoms with E-state index in [0.29, 0.717) is 16.6 Å². The molecule has 0 atom stereocenters. The number of hydrogen-bond acceptors (Lipinski definition) is 3. The van der Waals surface area contributed by atoms with E-state index in [9.17, 15) is 4.79 Å². The second kappa shape index (κ2) is 6.95. The van der Waals surface area contributed by atoms with E-state index in [0.717, 1.165) is 25.9 Å². The van der Waals surface area contributed by atoms with Gasteiger partial charge in [0.25, 0.3) is 5.91 Å². The number of likely N-dealkylation sites (tertiary alicyclic amines) is 1. The average Bonchev–Trinajstić information content (AvgIpc) is 2.48. The molecule has 0 aromatic carbocycles. The molecule has 0 saturated carbocycles. The molecule has 1 aliphatic heterocycles. The minimum absolute atomic E-state index is 0.0518. The van der Waals surface area contributed by atoms with Gasteiger partial charge >= 0.3 is 0 Å². The van der Waals surface area contributed by atoms with Gasteiger partial charge in [-0.25, -0.2) is 4.98 Å². The predicted octanol–water partition coefficient (Wildman–Crippen LogP) is 3.33. The minimum atomic E-state index is -0.0518. The third-order valence-corrected chi connectivity index (χ3v) is 4.83. The summed E-state index contributed by atoms with van der Waals surface area (Å²) in [4.78, 5) is 20.7. The fourth-order valence-corrected chi connectivity index (χ4v) is 2.97. The van der Waals surface area contributed by atoms with Crippen LogP contribution in [0.2, 0.25) is 10.2 Å². The second-order valence-corrected chi connectivity index (χ2v) is 6.54. The summed E-state index contributed by atoms with van der Waals surface area (Å²) in [5.41, 5.74) is 0.484. The summed E-state index contributed by atoms with van der Waals surface area (Å²) in [5, 5.41) is 0.534. The highest BCUT2D eigenvalue weighted by molar-refractivity contribution is 6.41. The van der Waals surface area contributed by atoms with E-state index in [1.165, 1.54) is 6.20 Å². The predicted molar refractivity (Wildman–Crippen MR) is 86.1 cm³/mol. The van der Waals surface area contributed by atoms with Gasteiger partial charge in [0.05, 0.1) is 10.6 Å². The molecular weight excluding hydrogens is 309 g/mol. The van der Waals surface area contributed by atoms with Crippen molar-refractivity contribution < 1.29 is 4.79 Å². The normalized spacial score (nSPS) is 17.2. The molecular formula is C15H21Cl2N3O. The fourth-order valence-electron chi connectivity index (χ4n) is 2.70. The van der Waals surface area contributed by atoms with Crippen LogP contribution in [-0.2, 0) is 0 Å². The van der Waals surface area contributed by atoms with Crippen molar-refractivity contribution in [3.05, 3.63) is 28.0 Å². The van der Waals surface area contributed by atoms with E-state index in [4.69, 9.17) is 23.2 Å².